The maximum atomic E-state index is 12.0. The van der Waals surface area contributed by atoms with Gasteiger partial charge in [0.05, 0.1) is 22.8 Å². The summed E-state index contributed by atoms with van der Waals surface area (Å²) in [6.07, 6.45) is 0.470. The van der Waals surface area contributed by atoms with Gasteiger partial charge in [-0.2, -0.15) is 0 Å². The topological polar surface area (TPSA) is 89.3 Å². The van der Waals surface area contributed by atoms with Crippen LogP contribution >= 0.6 is 27.7 Å². The summed E-state index contributed by atoms with van der Waals surface area (Å²) >= 11 is 4.78. The summed E-state index contributed by atoms with van der Waals surface area (Å²) in [7, 11) is -3.02. The molecule has 1 amide bonds. The van der Waals surface area contributed by atoms with Crippen molar-refractivity contribution in [3.8, 4) is 0 Å². The molecule has 116 valence electrons. The first-order valence-corrected chi connectivity index (χ1v) is 9.98. The fourth-order valence-corrected chi connectivity index (χ4v) is 5.81. The summed E-state index contributed by atoms with van der Waals surface area (Å²) in [6, 6.07) is 5.40. The van der Waals surface area contributed by atoms with Crippen LogP contribution < -0.4 is 11.1 Å². The van der Waals surface area contributed by atoms with E-state index in [0.717, 1.165) is 9.37 Å². The molecule has 2 rings (SSSR count). The fourth-order valence-electron chi connectivity index (χ4n) is 2.26. The van der Waals surface area contributed by atoms with Crippen LogP contribution in [0.25, 0.3) is 0 Å². The number of sulfone groups is 1. The van der Waals surface area contributed by atoms with Crippen molar-refractivity contribution in [2.45, 2.75) is 23.8 Å². The van der Waals surface area contributed by atoms with Crippen molar-refractivity contribution in [1.29, 1.82) is 0 Å². The lowest BCUT2D eigenvalue weighted by Gasteiger charge is -2.23. The Morgan fingerprint density at radius 3 is 2.81 bits per heavy atom. The molecule has 1 unspecified atom stereocenters. The predicted octanol–water partition coefficient (Wildman–Crippen LogP) is 1.82. The Labute approximate surface area is 137 Å². The Hall–Kier alpha value is -0.730. The number of rotatable bonds is 4. The largest absolute Gasteiger partial charge is 0.399 e. The third-order valence-corrected chi connectivity index (χ3v) is 7.15. The van der Waals surface area contributed by atoms with E-state index >= 15 is 0 Å². The number of carbonyl (C=O) groups excluding carboxylic acids is 1. The first kappa shape index (κ1) is 16.6. The molecule has 3 N–H and O–H groups in total. The number of anilines is 1. The lowest BCUT2D eigenvalue weighted by Crippen LogP contribution is -2.47. The molecule has 8 heteroatoms. The van der Waals surface area contributed by atoms with E-state index in [4.69, 9.17) is 5.73 Å². The van der Waals surface area contributed by atoms with Crippen molar-refractivity contribution < 1.29 is 13.2 Å². The van der Waals surface area contributed by atoms with Gasteiger partial charge >= 0.3 is 0 Å². The first-order chi connectivity index (χ1) is 9.69. The zero-order valence-electron chi connectivity index (χ0n) is 11.6. The number of amides is 1. The van der Waals surface area contributed by atoms with E-state index in [9.17, 15) is 13.2 Å². The molecule has 21 heavy (non-hydrogen) atoms. The van der Waals surface area contributed by atoms with Gasteiger partial charge in [0, 0.05) is 15.1 Å². The van der Waals surface area contributed by atoms with Crippen molar-refractivity contribution in [2.24, 2.45) is 0 Å². The Balaban J connectivity index is 1.91. The summed E-state index contributed by atoms with van der Waals surface area (Å²) in [5, 5.41) is 2.83. The molecule has 0 saturated carbocycles. The van der Waals surface area contributed by atoms with Gasteiger partial charge < -0.3 is 11.1 Å². The third-order valence-electron chi connectivity index (χ3n) is 3.26. The van der Waals surface area contributed by atoms with Crippen LogP contribution in [0.5, 0.6) is 0 Å². The summed E-state index contributed by atoms with van der Waals surface area (Å²) in [5.41, 5.74) is 5.67. The highest BCUT2D eigenvalue weighted by molar-refractivity contribution is 9.10. The molecule has 1 fully saturated rings. The normalized spacial score (nSPS) is 23.9. The van der Waals surface area contributed by atoms with Crippen LogP contribution in [0.4, 0.5) is 5.69 Å². The van der Waals surface area contributed by atoms with Crippen molar-refractivity contribution >= 4 is 49.1 Å². The number of carbonyl (C=O) groups is 1. The number of thioether (sulfide) groups is 1. The van der Waals surface area contributed by atoms with Gasteiger partial charge in [0.15, 0.2) is 9.84 Å². The molecule has 0 bridgehead atoms. The summed E-state index contributed by atoms with van der Waals surface area (Å²) in [5.74, 6) is 0.226. The number of nitrogen functional groups attached to an aromatic ring is 1. The van der Waals surface area contributed by atoms with Crippen molar-refractivity contribution in [3.63, 3.8) is 0 Å². The fraction of sp³-hybridized carbons (Fsp3) is 0.462. The van der Waals surface area contributed by atoms with Gasteiger partial charge in [-0.25, -0.2) is 8.42 Å². The molecule has 1 atom stereocenters. The zero-order chi connectivity index (χ0) is 15.7. The maximum Gasteiger partial charge on any atom is 0.230 e. The Bertz CT molecular complexity index is 663. The Kier molecular flexibility index (Phi) is 4.89. The molecule has 1 aromatic carbocycles. The molecule has 0 aromatic heterocycles. The van der Waals surface area contributed by atoms with Crippen LogP contribution in [0, 0.1) is 0 Å². The predicted molar refractivity (Wildman–Crippen MR) is 89.1 cm³/mol. The molecular weight excluding hydrogens is 376 g/mol. The van der Waals surface area contributed by atoms with Gasteiger partial charge in [-0.1, -0.05) is 0 Å². The second-order valence-electron chi connectivity index (χ2n) is 5.43. The van der Waals surface area contributed by atoms with Crippen molar-refractivity contribution in [2.75, 3.05) is 23.0 Å². The van der Waals surface area contributed by atoms with Gasteiger partial charge in [-0.15, -0.1) is 11.8 Å². The molecule has 0 radical (unpaired) electrons. The monoisotopic (exact) mass is 392 g/mol. The Morgan fingerprint density at radius 2 is 2.24 bits per heavy atom. The minimum atomic E-state index is -3.02. The van der Waals surface area contributed by atoms with Crippen molar-refractivity contribution in [3.05, 3.63) is 22.7 Å². The van der Waals surface area contributed by atoms with E-state index in [1.54, 1.807) is 19.1 Å². The third kappa shape index (κ3) is 4.62. The summed E-state index contributed by atoms with van der Waals surface area (Å²) in [4.78, 5) is 12.9. The van der Waals surface area contributed by atoms with Crippen LogP contribution in [-0.2, 0) is 14.6 Å². The molecule has 1 aromatic rings. The molecule has 5 nitrogen and oxygen atoms in total. The van der Waals surface area contributed by atoms with Gasteiger partial charge in [0.1, 0.15) is 0 Å². The van der Waals surface area contributed by atoms with E-state index < -0.39 is 15.4 Å². The number of hydrogen-bond donors (Lipinski definition) is 2. The highest BCUT2D eigenvalue weighted by Crippen LogP contribution is 2.29. The average molecular weight is 393 g/mol. The van der Waals surface area contributed by atoms with Crippen LogP contribution in [0.15, 0.2) is 27.6 Å². The number of nitrogens with one attached hydrogen (secondary N) is 1. The van der Waals surface area contributed by atoms with Crippen LogP contribution in [-0.4, -0.2) is 37.1 Å². The quantitative estimate of drug-likeness (QED) is 0.602. The van der Waals surface area contributed by atoms with E-state index in [2.05, 4.69) is 21.2 Å². The smallest absolute Gasteiger partial charge is 0.230 e. The zero-order valence-corrected chi connectivity index (χ0v) is 14.8. The number of hydrogen-bond acceptors (Lipinski definition) is 5. The van der Waals surface area contributed by atoms with E-state index in [1.165, 1.54) is 11.8 Å². The summed E-state index contributed by atoms with van der Waals surface area (Å²) in [6.45, 7) is 1.78. The molecule has 1 aliphatic heterocycles. The van der Waals surface area contributed by atoms with Crippen LogP contribution in [0.3, 0.4) is 0 Å². The standard InChI is InChI=1S/C13H17BrN2O3S2/c1-13(4-5-21(18,19)8-13)16-12(17)7-20-11-3-2-9(15)6-10(11)14/h2-3,6H,4-5,7-8,15H2,1H3,(H,16,17). The maximum absolute atomic E-state index is 12.0. The number of halogens is 1. The second-order valence-corrected chi connectivity index (χ2v) is 9.48. The highest BCUT2D eigenvalue weighted by atomic mass is 79.9. The lowest BCUT2D eigenvalue weighted by atomic mass is 10.0. The van der Waals surface area contributed by atoms with Gasteiger partial charge in [-0.3, -0.25) is 4.79 Å². The van der Waals surface area contributed by atoms with Crippen LogP contribution in [0.1, 0.15) is 13.3 Å². The van der Waals surface area contributed by atoms with Crippen LogP contribution in [0.2, 0.25) is 0 Å². The Morgan fingerprint density at radius 1 is 1.52 bits per heavy atom. The van der Waals surface area contributed by atoms with E-state index in [1.807, 2.05) is 6.07 Å². The minimum Gasteiger partial charge on any atom is -0.399 e. The highest BCUT2D eigenvalue weighted by Gasteiger charge is 2.39. The molecule has 1 saturated heterocycles. The minimum absolute atomic E-state index is 0.0158. The lowest BCUT2D eigenvalue weighted by molar-refractivity contribution is -0.120. The van der Waals surface area contributed by atoms with E-state index in [0.29, 0.717) is 12.1 Å². The average Bonchev–Trinajstić information content (AvgIpc) is 2.62. The molecule has 1 heterocycles. The van der Waals surface area contributed by atoms with Crippen molar-refractivity contribution in [1.82, 2.24) is 5.32 Å². The molecule has 0 aliphatic carbocycles. The first-order valence-electron chi connectivity index (χ1n) is 6.38. The molecule has 0 spiro atoms. The molecule has 1 aliphatic rings. The van der Waals surface area contributed by atoms with E-state index in [-0.39, 0.29) is 23.2 Å². The second kappa shape index (κ2) is 6.18. The summed E-state index contributed by atoms with van der Waals surface area (Å²) < 4.78 is 23.9. The molecular formula is C13H17BrN2O3S2. The van der Waals surface area contributed by atoms with Gasteiger partial charge in [0.25, 0.3) is 0 Å². The SMILES string of the molecule is CC1(NC(=O)CSc2ccc(N)cc2Br)CCS(=O)(=O)C1. The van der Waals surface area contributed by atoms with Gasteiger partial charge in [0.2, 0.25) is 5.91 Å². The van der Waals surface area contributed by atoms with Gasteiger partial charge in [-0.05, 0) is 47.5 Å². The number of nitrogens with two attached hydrogens (primary N) is 1. The number of benzene rings is 1.